The molecule has 0 N–H and O–H groups in total. The average Bonchev–Trinajstić information content (AvgIpc) is 2.28. The van der Waals surface area contributed by atoms with Gasteiger partial charge in [0.05, 0.1) is 8.66 Å². The Morgan fingerprint density at radius 2 is 2.00 bits per heavy atom. The fourth-order valence-corrected chi connectivity index (χ4v) is 3.03. The monoisotopic (exact) mass is 338 g/mol. The first-order valence-corrected chi connectivity index (χ1v) is 6.68. The molecule has 1 nitrogen and oxygen atoms in total. The quantitative estimate of drug-likeness (QED) is 0.701. The number of hydrogen-bond donors (Lipinski definition) is 0. The summed E-state index contributed by atoms with van der Waals surface area (Å²) in [5.74, 6) is 0.217. The largest absolute Gasteiger partial charge is 0.293 e. The van der Waals surface area contributed by atoms with Crippen molar-refractivity contribution in [1.29, 1.82) is 0 Å². The highest BCUT2D eigenvalue weighted by Gasteiger charge is 2.19. The van der Waals surface area contributed by atoms with Crippen LogP contribution in [0.3, 0.4) is 0 Å². The molecule has 78 valence electrons. The van der Waals surface area contributed by atoms with Gasteiger partial charge in [-0.2, -0.15) is 0 Å². The van der Waals surface area contributed by atoms with Crippen LogP contribution >= 0.6 is 43.2 Å². The second-order valence-electron chi connectivity index (χ2n) is 4.39. The third kappa shape index (κ3) is 3.48. The zero-order chi connectivity index (χ0) is 10.9. The molecule has 1 heterocycles. The fourth-order valence-electron chi connectivity index (χ4n) is 1.05. The van der Waals surface area contributed by atoms with Gasteiger partial charge in [0.15, 0.2) is 5.78 Å². The summed E-state index contributed by atoms with van der Waals surface area (Å²) in [5.41, 5.74) is 0.0556. The van der Waals surface area contributed by atoms with Gasteiger partial charge < -0.3 is 0 Å². The molecular formula is C10H12Br2OS. The second-order valence-corrected chi connectivity index (χ2v) is 7.62. The van der Waals surface area contributed by atoms with E-state index >= 15 is 0 Å². The summed E-state index contributed by atoms with van der Waals surface area (Å²) in [7, 11) is 0. The Balaban J connectivity index is 2.80. The van der Waals surface area contributed by atoms with Crippen molar-refractivity contribution in [2.45, 2.75) is 27.2 Å². The number of hydrogen-bond acceptors (Lipinski definition) is 2. The van der Waals surface area contributed by atoms with Crippen molar-refractivity contribution in [2.24, 2.45) is 5.41 Å². The highest BCUT2D eigenvalue weighted by molar-refractivity contribution is 9.13. The van der Waals surface area contributed by atoms with E-state index in [1.54, 1.807) is 0 Å². The van der Waals surface area contributed by atoms with E-state index in [1.807, 2.05) is 6.07 Å². The number of rotatable bonds is 2. The second kappa shape index (κ2) is 4.45. The third-order valence-electron chi connectivity index (χ3n) is 1.61. The lowest BCUT2D eigenvalue weighted by Gasteiger charge is -2.15. The topological polar surface area (TPSA) is 17.1 Å². The zero-order valence-corrected chi connectivity index (χ0v) is 12.3. The Hall–Kier alpha value is 0.330. The lowest BCUT2D eigenvalue weighted by Crippen LogP contribution is -2.11. The standard InChI is InChI=1S/C10H12Br2OS/c1-10(2,3)5-7(13)8-4-6(11)9(12)14-8/h4H,5H2,1-3H3. The van der Waals surface area contributed by atoms with Gasteiger partial charge in [0.25, 0.3) is 0 Å². The lowest BCUT2D eigenvalue weighted by atomic mass is 9.90. The minimum atomic E-state index is 0.0556. The predicted molar refractivity (Wildman–Crippen MR) is 68.1 cm³/mol. The van der Waals surface area contributed by atoms with E-state index in [1.165, 1.54) is 11.3 Å². The van der Waals surface area contributed by atoms with Gasteiger partial charge in [0.2, 0.25) is 0 Å². The van der Waals surface area contributed by atoms with Crippen molar-refractivity contribution in [1.82, 2.24) is 0 Å². The van der Waals surface area contributed by atoms with Crippen LogP contribution in [0, 0.1) is 5.41 Å². The molecule has 0 aliphatic rings. The summed E-state index contributed by atoms with van der Waals surface area (Å²) in [4.78, 5) is 12.6. The normalized spacial score (nSPS) is 11.8. The molecule has 0 saturated carbocycles. The number of halogens is 2. The number of thiophene rings is 1. The molecular weight excluding hydrogens is 328 g/mol. The summed E-state index contributed by atoms with van der Waals surface area (Å²) in [5, 5.41) is 0. The maximum Gasteiger partial charge on any atom is 0.173 e. The Labute approximate surface area is 105 Å². The van der Waals surface area contributed by atoms with Gasteiger partial charge in [-0.3, -0.25) is 4.79 Å². The van der Waals surface area contributed by atoms with Crippen molar-refractivity contribution < 1.29 is 4.79 Å². The molecule has 0 amide bonds. The number of Topliss-reactive ketones (excluding diaryl/α,β-unsaturated/α-hetero) is 1. The van der Waals surface area contributed by atoms with Crippen LogP contribution in [0.25, 0.3) is 0 Å². The first-order valence-electron chi connectivity index (χ1n) is 4.27. The Kier molecular flexibility index (Phi) is 3.95. The van der Waals surface area contributed by atoms with Gasteiger partial charge in [-0.05, 0) is 43.3 Å². The molecule has 1 aromatic rings. The molecule has 1 rings (SSSR count). The molecule has 14 heavy (non-hydrogen) atoms. The molecule has 0 saturated heterocycles. The van der Waals surface area contributed by atoms with Gasteiger partial charge in [-0.25, -0.2) is 0 Å². The SMILES string of the molecule is CC(C)(C)CC(=O)c1cc(Br)c(Br)s1. The molecule has 0 aliphatic heterocycles. The molecule has 0 aromatic carbocycles. The van der Waals surface area contributed by atoms with Crippen molar-refractivity contribution in [3.8, 4) is 0 Å². The Bertz CT molecular complexity index is 330. The van der Waals surface area contributed by atoms with Crippen LogP contribution < -0.4 is 0 Å². The molecule has 0 fully saturated rings. The average molecular weight is 340 g/mol. The minimum absolute atomic E-state index is 0.0556. The highest BCUT2D eigenvalue weighted by atomic mass is 79.9. The first-order chi connectivity index (χ1) is 6.29. The fraction of sp³-hybridized carbons (Fsp3) is 0.500. The molecule has 0 unspecified atom stereocenters. The summed E-state index contributed by atoms with van der Waals surface area (Å²) in [6, 6.07) is 1.88. The van der Waals surface area contributed by atoms with E-state index in [0.29, 0.717) is 6.42 Å². The van der Waals surface area contributed by atoms with Crippen LogP contribution in [0.1, 0.15) is 36.9 Å². The Morgan fingerprint density at radius 3 is 2.36 bits per heavy atom. The summed E-state index contributed by atoms with van der Waals surface area (Å²) in [6.45, 7) is 6.22. The van der Waals surface area contributed by atoms with E-state index < -0.39 is 0 Å². The number of ketones is 1. The van der Waals surface area contributed by atoms with Gasteiger partial charge in [-0.1, -0.05) is 20.8 Å². The molecule has 0 bridgehead atoms. The van der Waals surface area contributed by atoms with E-state index in [0.717, 1.165) is 13.1 Å². The number of carbonyl (C=O) groups is 1. The van der Waals surface area contributed by atoms with Crippen LogP contribution in [0.5, 0.6) is 0 Å². The van der Waals surface area contributed by atoms with Crippen LogP contribution in [0.4, 0.5) is 0 Å². The van der Waals surface area contributed by atoms with Crippen molar-refractivity contribution in [2.75, 3.05) is 0 Å². The molecule has 0 atom stereocenters. The Morgan fingerprint density at radius 1 is 1.43 bits per heavy atom. The van der Waals surface area contributed by atoms with E-state index in [-0.39, 0.29) is 11.2 Å². The zero-order valence-electron chi connectivity index (χ0n) is 8.36. The van der Waals surface area contributed by atoms with Crippen LogP contribution in [0.2, 0.25) is 0 Å². The number of carbonyl (C=O) groups excluding carboxylic acids is 1. The molecule has 0 spiro atoms. The highest BCUT2D eigenvalue weighted by Crippen LogP contribution is 2.34. The smallest absolute Gasteiger partial charge is 0.173 e. The summed E-state index contributed by atoms with van der Waals surface area (Å²) < 4.78 is 1.94. The molecule has 1 aromatic heterocycles. The molecule has 0 aliphatic carbocycles. The van der Waals surface area contributed by atoms with Crippen LogP contribution in [0.15, 0.2) is 14.3 Å². The van der Waals surface area contributed by atoms with E-state index in [9.17, 15) is 4.79 Å². The molecule has 0 radical (unpaired) electrons. The van der Waals surface area contributed by atoms with E-state index in [4.69, 9.17) is 0 Å². The van der Waals surface area contributed by atoms with Gasteiger partial charge in [0, 0.05) is 10.9 Å². The molecule has 4 heteroatoms. The van der Waals surface area contributed by atoms with Gasteiger partial charge >= 0.3 is 0 Å². The maximum atomic E-state index is 11.8. The van der Waals surface area contributed by atoms with Crippen molar-refractivity contribution in [3.63, 3.8) is 0 Å². The maximum absolute atomic E-state index is 11.8. The van der Waals surface area contributed by atoms with Crippen LogP contribution in [-0.4, -0.2) is 5.78 Å². The van der Waals surface area contributed by atoms with Gasteiger partial charge in [-0.15, -0.1) is 11.3 Å². The van der Waals surface area contributed by atoms with Crippen molar-refractivity contribution >= 4 is 49.0 Å². The summed E-state index contributed by atoms with van der Waals surface area (Å²) >= 11 is 8.24. The van der Waals surface area contributed by atoms with Crippen molar-refractivity contribution in [3.05, 3.63) is 19.2 Å². The summed E-state index contributed by atoms with van der Waals surface area (Å²) in [6.07, 6.45) is 0.590. The van der Waals surface area contributed by atoms with Gasteiger partial charge in [0.1, 0.15) is 0 Å². The minimum Gasteiger partial charge on any atom is -0.293 e. The van der Waals surface area contributed by atoms with Crippen LogP contribution in [-0.2, 0) is 0 Å². The lowest BCUT2D eigenvalue weighted by molar-refractivity contribution is 0.0944. The predicted octanol–water partition coefficient (Wildman–Crippen LogP) is 4.89. The van der Waals surface area contributed by atoms with E-state index in [2.05, 4.69) is 52.6 Å². The third-order valence-corrected chi connectivity index (χ3v) is 4.91. The first kappa shape index (κ1) is 12.4.